The van der Waals surface area contributed by atoms with E-state index in [1.807, 2.05) is 0 Å². The monoisotopic (exact) mass is 219 g/mol. The van der Waals surface area contributed by atoms with Gasteiger partial charge < -0.3 is 4.42 Å². The van der Waals surface area contributed by atoms with E-state index in [1.54, 1.807) is 12.5 Å². The van der Waals surface area contributed by atoms with Crippen molar-refractivity contribution in [1.29, 1.82) is 0 Å². The third-order valence-electron chi connectivity index (χ3n) is 0.762. The van der Waals surface area contributed by atoms with Crippen LogP contribution in [0.25, 0.3) is 0 Å². The predicted molar refractivity (Wildman–Crippen MR) is 45.3 cm³/mol. The fourth-order valence-corrected chi connectivity index (χ4v) is 1.30. The fourth-order valence-electron chi connectivity index (χ4n) is 0.422. The quantitative estimate of drug-likeness (QED) is 0.732. The van der Waals surface area contributed by atoms with Crippen molar-refractivity contribution in [2.75, 3.05) is 5.75 Å². The summed E-state index contributed by atoms with van der Waals surface area (Å²) >= 11 is 4.75. The first-order chi connectivity index (χ1) is 4.79. The van der Waals surface area contributed by atoms with Crippen molar-refractivity contribution >= 4 is 27.7 Å². The minimum atomic E-state index is 0.681. The Morgan fingerprint density at radius 2 is 2.70 bits per heavy atom. The van der Waals surface area contributed by atoms with Gasteiger partial charge in [0.1, 0.15) is 6.26 Å². The molecule has 0 saturated carbocycles. The van der Waals surface area contributed by atoms with Gasteiger partial charge in [-0.2, -0.15) is 0 Å². The van der Waals surface area contributed by atoms with E-state index >= 15 is 0 Å². The molecule has 0 radical (unpaired) electrons. The Morgan fingerprint density at radius 1 is 1.90 bits per heavy atom. The second kappa shape index (κ2) is 3.83. The summed E-state index contributed by atoms with van der Waals surface area (Å²) in [6.45, 7) is 3.68. The highest BCUT2D eigenvalue weighted by molar-refractivity contribution is 9.11. The molecule has 0 bridgehead atoms. The third-order valence-corrected chi connectivity index (χ3v) is 2.35. The molecule has 1 heterocycles. The smallest absolute Gasteiger partial charge is 0.255 e. The first kappa shape index (κ1) is 7.88. The standard InChI is InChI=1S/C6H6BrNOS/c1-5(7)4-10-6-8-2-3-9-6/h2-3H,1,4H2. The molecule has 1 aromatic rings. The number of thioether (sulfide) groups is 1. The molecule has 2 nitrogen and oxygen atoms in total. The van der Waals surface area contributed by atoms with Gasteiger partial charge >= 0.3 is 0 Å². The maximum Gasteiger partial charge on any atom is 0.255 e. The molecule has 0 saturated heterocycles. The zero-order valence-electron chi connectivity index (χ0n) is 5.21. The fraction of sp³-hybridized carbons (Fsp3) is 0.167. The third kappa shape index (κ3) is 2.58. The molecular formula is C6H6BrNOS. The van der Waals surface area contributed by atoms with E-state index in [9.17, 15) is 0 Å². The van der Waals surface area contributed by atoms with Crippen molar-refractivity contribution in [3.05, 3.63) is 23.5 Å². The molecule has 0 aromatic carbocycles. The highest BCUT2D eigenvalue weighted by Crippen LogP contribution is 2.19. The number of aromatic nitrogens is 1. The topological polar surface area (TPSA) is 26.0 Å². The van der Waals surface area contributed by atoms with Crippen molar-refractivity contribution < 1.29 is 4.42 Å². The van der Waals surface area contributed by atoms with Crippen LogP contribution in [0.5, 0.6) is 0 Å². The summed E-state index contributed by atoms with van der Waals surface area (Å²) in [4.78, 5) is 3.92. The summed E-state index contributed by atoms with van der Waals surface area (Å²) in [5.74, 6) is 0.792. The average Bonchev–Trinajstić information content (AvgIpc) is 2.34. The summed E-state index contributed by atoms with van der Waals surface area (Å²) in [5, 5.41) is 0.681. The molecule has 0 fully saturated rings. The lowest BCUT2D eigenvalue weighted by Gasteiger charge is -1.90. The van der Waals surface area contributed by atoms with Crippen LogP contribution in [0, 0.1) is 0 Å². The van der Waals surface area contributed by atoms with Gasteiger partial charge in [-0.25, -0.2) is 4.98 Å². The van der Waals surface area contributed by atoms with E-state index in [2.05, 4.69) is 27.5 Å². The van der Waals surface area contributed by atoms with Crippen LogP contribution in [0.2, 0.25) is 0 Å². The van der Waals surface area contributed by atoms with Crippen LogP contribution in [0.3, 0.4) is 0 Å². The maximum absolute atomic E-state index is 4.97. The summed E-state index contributed by atoms with van der Waals surface area (Å²) in [5.41, 5.74) is 0. The van der Waals surface area contributed by atoms with Gasteiger partial charge in [-0.05, 0) is 4.48 Å². The molecule has 0 unspecified atom stereocenters. The van der Waals surface area contributed by atoms with Crippen molar-refractivity contribution in [3.63, 3.8) is 0 Å². The number of halogens is 1. The molecule has 10 heavy (non-hydrogen) atoms. The molecule has 0 aliphatic carbocycles. The second-order valence-corrected chi connectivity index (χ2v) is 3.65. The Labute approximate surface area is 71.8 Å². The molecule has 0 amide bonds. The number of hydrogen-bond acceptors (Lipinski definition) is 3. The van der Waals surface area contributed by atoms with Gasteiger partial charge in [0.25, 0.3) is 5.22 Å². The van der Waals surface area contributed by atoms with Crippen LogP contribution in [0.1, 0.15) is 0 Å². The Hall–Kier alpha value is -0.220. The van der Waals surface area contributed by atoms with E-state index in [-0.39, 0.29) is 0 Å². The first-order valence-electron chi connectivity index (χ1n) is 2.64. The normalized spacial score (nSPS) is 9.70. The van der Waals surface area contributed by atoms with Crippen LogP contribution in [-0.2, 0) is 0 Å². The van der Waals surface area contributed by atoms with Gasteiger partial charge in [0, 0.05) is 5.75 Å². The van der Waals surface area contributed by atoms with Crippen LogP contribution in [0.4, 0.5) is 0 Å². The average molecular weight is 220 g/mol. The Bertz CT molecular complexity index is 210. The summed E-state index contributed by atoms with van der Waals surface area (Å²) in [7, 11) is 0. The zero-order chi connectivity index (χ0) is 7.40. The first-order valence-corrected chi connectivity index (χ1v) is 4.42. The SMILES string of the molecule is C=C(Br)CSc1ncco1. The van der Waals surface area contributed by atoms with Crippen LogP contribution in [0.15, 0.2) is 33.2 Å². The molecule has 54 valence electrons. The van der Waals surface area contributed by atoms with Crippen LogP contribution in [-0.4, -0.2) is 10.7 Å². The molecule has 0 aliphatic heterocycles. The molecular weight excluding hydrogens is 214 g/mol. The number of rotatable bonds is 3. The van der Waals surface area contributed by atoms with Crippen molar-refractivity contribution in [2.24, 2.45) is 0 Å². The minimum absolute atomic E-state index is 0.681. The largest absolute Gasteiger partial charge is 0.440 e. The minimum Gasteiger partial charge on any atom is -0.440 e. The van der Waals surface area contributed by atoms with E-state index < -0.39 is 0 Å². The van der Waals surface area contributed by atoms with Crippen molar-refractivity contribution in [1.82, 2.24) is 4.98 Å². The second-order valence-electron chi connectivity index (χ2n) is 1.60. The van der Waals surface area contributed by atoms with Gasteiger partial charge in [0.15, 0.2) is 0 Å². The lowest BCUT2D eigenvalue weighted by atomic mass is 10.8. The van der Waals surface area contributed by atoms with E-state index in [0.29, 0.717) is 5.22 Å². The lowest BCUT2D eigenvalue weighted by molar-refractivity contribution is 0.454. The van der Waals surface area contributed by atoms with Gasteiger partial charge in [0.2, 0.25) is 0 Å². The Morgan fingerprint density at radius 3 is 3.20 bits per heavy atom. The Balaban J connectivity index is 2.35. The molecule has 1 aromatic heterocycles. The molecule has 4 heteroatoms. The van der Waals surface area contributed by atoms with Gasteiger partial charge in [0.05, 0.1) is 6.20 Å². The predicted octanol–water partition coefficient (Wildman–Crippen LogP) is 2.68. The summed E-state index contributed by atoms with van der Waals surface area (Å²) in [6, 6.07) is 0. The van der Waals surface area contributed by atoms with Crippen molar-refractivity contribution in [3.8, 4) is 0 Å². The van der Waals surface area contributed by atoms with E-state index in [1.165, 1.54) is 11.8 Å². The highest BCUT2D eigenvalue weighted by atomic mass is 79.9. The molecule has 0 N–H and O–H groups in total. The number of oxazole rings is 1. The molecule has 0 aliphatic rings. The molecule has 1 rings (SSSR count). The van der Waals surface area contributed by atoms with Crippen LogP contribution < -0.4 is 0 Å². The van der Waals surface area contributed by atoms with Crippen molar-refractivity contribution in [2.45, 2.75) is 5.22 Å². The van der Waals surface area contributed by atoms with Gasteiger partial charge in [-0.1, -0.05) is 34.3 Å². The van der Waals surface area contributed by atoms with E-state index in [0.717, 1.165) is 10.2 Å². The van der Waals surface area contributed by atoms with Gasteiger partial charge in [-0.3, -0.25) is 0 Å². The van der Waals surface area contributed by atoms with Gasteiger partial charge in [-0.15, -0.1) is 0 Å². The number of hydrogen-bond donors (Lipinski definition) is 0. The Kier molecular flexibility index (Phi) is 3.02. The summed E-state index contributed by atoms with van der Waals surface area (Å²) < 4.78 is 5.91. The zero-order valence-corrected chi connectivity index (χ0v) is 7.61. The maximum atomic E-state index is 4.97. The number of nitrogens with zero attached hydrogens (tertiary/aromatic N) is 1. The molecule has 0 atom stereocenters. The molecule has 0 spiro atoms. The highest BCUT2D eigenvalue weighted by Gasteiger charge is 1.96. The lowest BCUT2D eigenvalue weighted by Crippen LogP contribution is -1.74. The van der Waals surface area contributed by atoms with E-state index in [4.69, 9.17) is 4.42 Å². The summed E-state index contributed by atoms with van der Waals surface area (Å²) in [6.07, 6.45) is 3.18. The van der Waals surface area contributed by atoms with Crippen LogP contribution >= 0.6 is 27.7 Å².